The zero-order chi connectivity index (χ0) is 13.1. The highest BCUT2D eigenvalue weighted by Crippen LogP contribution is 2.33. The number of hydrogen-bond acceptors (Lipinski definition) is 3. The molecule has 0 saturated heterocycles. The Morgan fingerprint density at radius 1 is 1.35 bits per heavy atom. The first kappa shape index (κ1) is 14.0. The molecule has 4 N–H and O–H groups in total. The van der Waals surface area contributed by atoms with E-state index in [1.165, 1.54) is 12.8 Å². The molecular formula is C12H23N3O2. The average molecular weight is 241 g/mol. The van der Waals surface area contributed by atoms with E-state index in [-0.39, 0.29) is 23.9 Å². The van der Waals surface area contributed by atoms with Crippen LogP contribution >= 0.6 is 0 Å². The molecule has 0 radical (unpaired) electrons. The van der Waals surface area contributed by atoms with Gasteiger partial charge in [-0.15, -0.1) is 0 Å². The normalized spacial score (nSPS) is 17.4. The van der Waals surface area contributed by atoms with E-state index in [9.17, 15) is 9.59 Å². The van der Waals surface area contributed by atoms with Crippen molar-refractivity contribution in [1.82, 2.24) is 10.6 Å². The molecule has 0 heterocycles. The maximum Gasteiger partial charge on any atom is 0.239 e. The van der Waals surface area contributed by atoms with Crippen molar-refractivity contribution in [2.24, 2.45) is 11.7 Å². The lowest BCUT2D eigenvalue weighted by molar-refractivity contribution is -0.127. The monoisotopic (exact) mass is 241 g/mol. The third kappa shape index (κ3) is 6.26. The minimum Gasteiger partial charge on any atom is -0.350 e. The van der Waals surface area contributed by atoms with Crippen molar-refractivity contribution in [3.05, 3.63) is 0 Å². The van der Waals surface area contributed by atoms with Gasteiger partial charge in [-0.3, -0.25) is 9.59 Å². The number of rotatable bonds is 5. The maximum atomic E-state index is 11.6. The van der Waals surface area contributed by atoms with Crippen LogP contribution in [-0.2, 0) is 9.59 Å². The second-order valence-corrected chi connectivity index (χ2v) is 5.80. The van der Waals surface area contributed by atoms with Gasteiger partial charge in [-0.25, -0.2) is 0 Å². The van der Waals surface area contributed by atoms with E-state index < -0.39 is 6.04 Å². The van der Waals surface area contributed by atoms with Crippen molar-refractivity contribution in [2.75, 3.05) is 6.54 Å². The fraction of sp³-hybridized carbons (Fsp3) is 0.833. The molecule has 0 spiro atoms. The molecule has 0 aromatic carbocycles. The molecular weight excluding hydrogens is 218 g/mol. The van der Waals surface area contributed by atoms with E-state index in [0.717, 1.165) is 6.42 Å². The summed E-state index contributed by atoms with van der Waals surface area (Å²) in [5, 5.41) is 5.33. The molecule has 1 unspecified atom stereocenters. The van der Waals surface area contributed by atoms with Gasteiger partial charge in [0.15, 0.2) is 0 Å². The van der Waals surface area contributed by atoms with Crippen molar-refractivity contribution < 1.29 is 9.59 Å². The van der Waals surface area contributed by atoms with Gasteiger partial charge < -0.3 is 16.4 Å². The number of amides is 2. The standard InChI is InChI=1S/C12H23N3O2/c1-12(2,3)15-10(16)7-14-11(17)9(13)6-8-4-5-8/h8-9H,4-7,13H2,1-3H3,(H,14,17)(H,15,16). The Morgan fingerprint density at radius 3 is 2.41 bits per heavy atom. The lowest BCUT2D eigenvalue weighted by Crippen LogP contribution is -2.48. The molecule has 0 bridgehead atoms. The minimum atomic E-state index is -0.482. The first-order valence-corrected chi connectivity index (χ1v) is 6.12. The molecule has 0 aliphatic heterocycles. The Morgan fingerprint density at radius 2 is 1.94 bits per heavy atom. The Labute approximate surface area is 103 Å². The highest BCUT2D eigenvalue weighted by atomic mass is 16.2. The Hall–Kier alpha value is -1.10. The van der Waals surface area contributed by atoms with Gasteiger partial charge in [0.2, 0.25) is 11.8 Å². The van der Waals surface area contributed by atoms with Crippen molar-refractivity contribution >= 4 is 11.8 Å². The van der Waals surface area contributed by atoms with Crippen molar-refractivity contribution in [2.45, 2.75) is 51.6 Å². The first-order valence-electron chi connectivity index (χ1n) is 6.12. The van der Waals surface area contributed by atoms with Crippen LogP contribution in [0.1, 0.15) is 40.0 Å². The van der Waals surface area contributed by atoms with Crippen molar-refractivity contribution in [1.29, 1.82) is 0 Å². The van der Waals surface area contributed by atoms with Gasteiger partial charge in [0, 0.05) is 5.54 Å². The van der Waals surface area contributed by atoms with Crippen LogP contribution in [0.4, 0.5) is 0 Å². The fourth-order valence-electron chi connectivity index (χ4n) is 1.58. The number of nitrogens with one attached hydrogen (secondary N) is 2. The van der Waals surface area contributed by atoms with E-state index in [4.69, 9.17) is 5.73 Å². The van der Waals surface area contributed by atoms with Gasteiger partial charge in [0.05, 0.1) is 12.6 Å². The van der Waals surface area contributed by atoms with Crippen molar-refractivity contribution in [3.63, 3.8) is 0 Å². The summed E-state index contributed by atoms with van der Waals surface area (Å²) >= 11 is 0. The molecule has 1 atom stereocenters. The molecule has 0 aromatic heterocycles. The molecule has 1 aliphatic rings. The Bertz CT molecular complexity index is 293. The fourth-order valence-corrected chi connectivity index (χ4v) is 1.58. The summed E-state index contributed by atoms with van der Waals surface area (Å²) in [7, 11) is 0. The third-order valence-electron chi connectivity index (χ3n) is 2.56. The summed E-state index contributed by atoms with van der Waals surface area (Å²) in [6.45, 7) is 5.68. The minimum absolute atomic E-state index is 0.00549. The SMILES string of the molecule is CC(C)(C)NC(=O)CNC(=O)C(N)CC1CC1. The van der Waals surface area contributed by atoms with Crippen LogP contribution in [0.25, 0.3) is 0 Å². The number of hydrogen-bond donors (Lipinski definition) is 3. The van der Waals surface area contributed by atoms with Crippen LogP contribution in [0.5, 0.6) is 0 Å². The van der Waals surface area contributed by atoms with E-state index in [1.54, 1.807) is 0 Å². The smallest absolute Gasteiger partial charge is 0.239 e. The summed E-state index contributed by atoms with van der Waals surface area (Å²) in [5.41, 5.74) is 5.45. The van der Waals surface area contributed by atoms with E-state index in [0.29, 0.717) is 5.92 Å². The molecule has 5 heteroatoms. The van der Waals surface area contributed by atoms with Crippen LogP contribution in [0.3, 0.4) is 0 Å². The second kappa shape index (κ2) is 5.49. The van der Waals surface area contributed by atoms with Gasteiger partial charge in [0.25, 0.3) is 0 Å². The van der Waals surface area contributed by atoms with Crippen LogP contribution in [0, 0.1) is 5.92 Å². The van der Waals surface area contributed by atoms with E-state index in [2.05, 4.69) is 10.6 Å². The molecule has 5 nitrogen and oxygen atoms in total. The van der Waals surface area contributed by atoms with Crippen LogP contribution < -0.4 is 16.4 Å². The van der Waals surface area contributed by atoms with Crippen molar-refractivity contribution in [3.8, 4) is 0 Å². The van der Waals surface area contributed by atoms with Crippen LogP contribution in [0.15, 0.2) is 0 Å². The predicted octanol–water partition coefficient (Wildman–Crippen LogP) is 0.145. The second-order valence-electron chi connectivity index (χ2n) is 5.80. The number of carbonyl (C=O) groups excluding carboxylic acids is 2. The Balaban J connectivity index is 2.19. The summed E-state index contributed by atoms with van der Waals surface area (Å²) in [5.74, 6) is 0.185. The predicted molar refractivity (Wildman–Crippen MR) is 66.2 cm³/mol. The first-order chi connectivity index (χ1) is 7.78. The summed E-state index contributed by atoms with van der Waals surface area (Å²) in [4.78, 5) is 23.0. The van der Waals surface area contributed by atoms with Gasteiger partial charge in [-0.2, -0.15) is 0 Å². The molecule has 0 aromatic rings. The highest BCUT2D eigenvalue weighted by molar-refractivity contribution is 5.87. The Kier molecular flexibility index (Phi) is 4.51. The van der Waals surface area contributed by atoms with Crippen LogP contribution in [-0.4, -0.2) is 29.9 Å². The van der Waals surface area contributed by atoms with Gasteiger partial charge in [0.1, 0.15) is 0 Å². The molecule has 1 aliphatic carbocycles. The third-order valence-corrected chi connectivity index (χ3v) is 2.56. The molecule has 98 valence electrons. The lowest BCUT2D eigenvalue weighted by atomic mass is 10.1. The summed E-state index contributed by atoms with van der Waals surface area (Å²) in [6.07, 6.45) is 3.07. The number of carbonyl (C=O) groups is 2. The molecule has 1 fully saturated rings. The highest BCUT2D eigenvalue weighted by Gasteiger charge is 2.27. The molecule has 17 heavy (non-hydrogen) atoms. The van der Waals surface area contributed by atoms with Gasteiger partial charge in [-0.05, 0) is 33.1 Å². The lowest BCUT2D eigenvalue weighted by Gasteiger charge is -2.21. The quantitative estimate of drug-likeness (QED) is 0.640. The molecule has 1 saturated carbocycles. The zero-order valence-corrected chi connectivity index (χ0v) is 10.9. The number of nitrogens with two attached hydrogens (primary N) is 1. The topological polar surface area (TPSA) is 84.2 Å². The van der Waals surface area contributed by atoms with Gasteiger partial charge in [-0.1, -0.05) is 12.8 Å². The zero-order valence-electron chi connectivity index (χ0n) is 10.9. The summed E-state index contributed by atoms with van der Waals surface area (Å²) in [6, 6.07) is -0.482. The van der Waals surface area contributed by atoms with Gasteiger partial charge >= 0.3 is 0 Å². The van der Waals surface area contributed by atoms with E-state index >= 15 is 0 Å². The van der Waals surface area contributed by atoms with E-state index in [1.807, 2.05) is 20.8 Å². The molecule has 1 rings (SSSR count). The van der Waals surface area contributed by atoms with Crippen LogP contribution in [0.2, 0.25) is 0 Å². The largest absolute Gasteiger partial charge is 0.350 e. The average Bonchev–Trinajstić information content (AvgIpc) is 2.95. The maximum absolute atomic E-state index is 11.6. The molecule has 2 amide bonds. The summed E-state index contributed by atoms with van der Waals surface area (Å²) < 4.78 is 0.